The maximum Gasteiger partial charge on any atom is 0.136 e. The van der Waals surface area contributed by atoms with Crippen molar-refractivity contribution in [3.63, 3.8) is 0 Å². The van der Waals surface area contributed by atoms with Gasteiger partial charge in [-0.15, -0.1) is 0 Å². The highest BCUT2D eigenvalue weighted by molar-refractivity contribution is 6.12. The first-order chi connectivity index (χ1) is 33.2. The van der Waals surface area contributed by atoms with Crippen molar-refractivity contribution < 1.29 is 4.42 Å². The zero-order chi connectivity index (χ0) is 45.7. The molecule has 0 fully saturated rings. The van der Waals surface area contributed by atoms with Gasteiger partial charge in [0.1, 0.15) is 11.2 Å². The zero-order valence-corrected chi connectivity index (χ0v) is 38.7. The minimum absolute atomic E-state index is 0.184. The van der Waals surface area contributed by atoms with E-state index in [-0.39, 0.29) is 10.8 Å². The average Bonchev–Trinajstić information content (AvgIpc) is 3.97. The third kappa shape index (κ3) is 6.10. The van der Waals surface area contributed by atoms with Crippen LogP contribution in [0.1, 0.15) is 49.9 Å². The molecule has 0 N–H and O–H groups in total. The number of rotatable bonds is 7. The zero-order valence-electron chi connectivity index (χ0n) is 38.7. The number of hydrogen-bond acceptors (Lipinski definition) is 2. The Labute approximate surface area is 398 Å². The molecule has 0 saturated carbocycles. The molecule has 11 aromatic rings. The number of hydrogen-bond donors (Lipinski definition) is 0. The molecule has 2 aliphatic rings. The van der Waals surface area contributed by atoms with Crippen LogP contribution in [0.5, 0.6) is 0 Å². The molecule has 0 spiro atoms. The molecule has 0 bridgehead atoms. The van der Waals surface area contributed by atoms with Crippen LogP contribution in [-0.4, -0.2) is 0 Å². The van der Waals surface area contributed by atoms with Crippen molar-refractivity contribution in [3.05, 3.63) is 247 Å². The predicted molar refractivity (Wildman–Crippen MR) is 285 cm³/mol. The molecule has 0 saturated heterocycles. The Bertz CT molecular complexity index is 3780. The van der Waals surface area contributed by atoms with Gasteiger partial charge in [0.2, 0.25) is 0 Å². The van der Waals surface area contributed by atoms with Crippen molar-refractivity contribution in [3.8, 4) is 66.8 Å². The molecule has 1 aromatic heterocycles. The Morgan fingerprint density at radius 2 is 0.926 bits per heavy atom. The van der Waals surface area contributed by atoms with E-state index in [0.717, 1.165) is 44.4 Å². The van der Waals surface area contributed by atoms with E-state index in [1.807, 2.05) is 6.07 Å². The molecule has 1 heterocycles. The Balaban J connectivity index is 0.970. The lowest BCUT2D eigenvalue weighted by Gasteiger charge is -2.32. The number of furan rings is 1. The topological polar surface area (TPSA) is 16.4 Å². The van der Waals surface area contributed by atoms with E-state index in [2.05, 4.69) is 251 Å². The number of anilines is 3. The molecule has 2 aliphatic carbocycles. The average molecular weight is 872 g/mol. The maximum atomic E-state index is 6.32. The van der Waals surface area contributed by atoms with E-state index in [9.17, 15) is 0 Å². The summed E-state index contributed by atoms with van der Waals surface area (Å²) in [6, 6.07) is 82.6. The van der Waals surface area contributed by atoms with Crippen LogP contribution < -0.4 is 4.90 Å². The van der Waals surface area contributed by atoms with E-state index < -0.39 is 0 Å². The highest BCUT2D eigenvalue weighted by Crippen LogP contribution is 2.56. The molecule has 0 amide bonds. The fourth-order valence-corrected chi connectivity index (χ4v) is 11.8. The van der Waals surface area contributed by atoms with Crippen molar-refractivity contribution in [2.75, 3.05) is 4.90 Å². The van der Waals surface area contributed by atoms with Gasteiger partial charge in [0.05, 0.1) is 5.69 Å². The summed E-state index contributed by atoms with van der Waals surface area (Å²) in [6.07, 6.45) is 0. The number of benzene rings is 10. The van der Waals surface area contributed by atoms with Crippen molar-refractivity contribution in [2.24, 2.45) is 0 Å². The quantitative estimate of drug-likeness (QED) is 0.159. The molecule has 2 nitrogen and oxygen atoms in total. The predicted octanol–water partition coefficient (Wildman–Crippen LogP) is 18.3. The van der Waals surface area contributed by atoms with Crippen LogP contribution >= 0.6 is 0 Å². The lowest BCUT2D eigenvalue weighted by Crippen LogP contribution is -2.20. The standard InChI is InChI=1S/C66H49NO/c1-65(2)57-37-34-46(39-55(57)62-54(43-20-9-6-10-21-43)40-47(41-58(62)65)42-18-7-5-8-19-42)45-22-15-23-49(38-45)67(59-29-16-27-52-51-24-11-13-28-56(51)66(3,4)64(52)59)48-35-32-44(33-36-48)50-26-17-31-61-63(50)53-25-12-14-30-60(53)68-61/h5-41H,1-4H3. The van der Waals surface area contributed by atoms with Gasteiger partial charge in [0, 0.05) is 33.0 Å². The third-order valence-electron chi connectivity index (χ3n) is 15.0. The Morgan fingerprint density at radius 3 is 1.75 bits per heavy atom. The van der Waals surface area contributed by atoms with Crippen LogP contribution in [0.2, 0.25) is 0 Å². The first kappa shape index (κ1) is 40.1. The van der Waals surface area contributed by atoms with Crippen molar-refractivity contribution in [1.82, 2.24) is 0 Å². The van der Waals surface area contributed by atoms with E-state index in [1.165, 1.54) is 83.6 Å². The van der Waals surface area contributed by atoms with Crippen LogP contribution in [0.4, 0.5) is 17.1 Å². The monoisotopic (exact) mass is 871 g/mol. The van der Waals surface area contributed by atoms with Gasteiger partial charge >= 0.3 is 0 Å². The Hall–Kier alpha value is -8.20. The molecule has 0 atom stereocenters. The van der Waals surface area contributed by atoms with Gasteiger partial charge in [-0.2, -0.15) is 0 Å². The van der Waals surface area contributed by atoms with E-state index in [0.29, 0.717) is 0 Å². The molecule has 0 aliphatic heterocycles. The van der Waals surface area contributed by atoms with Crippen LogP contribution in [0.3, 0.4) is 0 Å². The normalized spacial score (nSPS) is 13.8. The molecular weight excluding hydrogens is 823 g/mol. The molecule has 0 unspecified atom stereocenters. The van der Waals surface area contributed by atoms with Gasteiger partial charge in [0.15, 0.2) is 0 Å². The lowest BCUT2D eigenvalue weighted by molar-refractivity contribution is 0.660. The Morgan fingerprint density at radius 1 is 0.338 bits per heavy atom. The van der Waals surface area contributed by atoms with Gasteiger partial charge in [-0.25, -0.2) is 0 Å². The smallest absolute Gasteiger partial charge is 0.136 e. The third-order valence-corrected chi connectivity index (χ3v) is 15.0. The van der Waals surface area contributed by atoms with E-state index in [1.54, 1.807) is 0 Å². The second-order valence-electron chi connectivity index (χ2n) is 19.6. The summed E-state index contributed by atoms with van der Waals surface area (Å²) in [5.41, 5.74) is 25.1. The molecule has 324 valence electrons. The highest BCUT2D eigenvalue weighted by Gasteiger charge is 2.40. The minimum Gasteiger partial charge on any atom is -0.456 e. The van der Waals surface area contributed by atoms with Crippen LogP contribution in [0.25, 0.3) is 88.7 Å². The minimum atomic E-state index is -0.215. The number of nitrogens with zero attached hydrogens (tertiary/aromatic N) is 1. The van der Waals surface area contributed by atoms with Crippen LogP contribution in [-0.2, 0) is 10.8 Å². The summed E-state index contributed by atoms with van der Waals surface area (Å²) in [5, 5.41) is 2.28. The second kappa shape index (κ2) is 15.2. The first-order valence-electron chi connectivity index (χ1n) is 23.8. The van der Waals surface area contributed by atoms with Crippen LogP contribution in [0, 0.1) is 0 Å². The molecule has 0 radical (unpaired) electrons. The SMILES string of the molecule is CC1(C)c2ccc(-c3cccc(N(c4ccc(-c5cccc6oc7ccccc7c56)cc4)c4cccc5c4C(C)(C)c4ccccc4-5)c3)cc2-c2c(-c3ccccc3)cc(-c3ccccc3)cc21. The molecular formula is C66H49NO. The van der Waals surface area contributed by atoms with Gasteiger partial charge < -0.3 is 9.32 Å². The first-order valence-corrected chi connectivity index (χ1v) is 23.8. The fraction of sp³-hybridized carbons (Fsp3) is 0.0909. The van der Waals surface area contributed by atoms with Gasteiger partial charge in [-0.05, 0) is 150 Å². The number of para-hydroxylation sites is 1. The van der Waals surface area contributed by atoms with Crippen molar-refractivity contribution in [1.29, 1.82) is 0 Å². The summed E-state index contributed by atoms with van der Waals surface area (Å²) in [4.78, 5) is 2.48. The van der Waals surface area contributed by atoms with E-state index >= 15 is 0 Å². The van der Waals surface area contributed by atoms with Gasteiger partial charge in [0.25, 0.3) is 0 Å². The molecule has 10 aromatic carbocycles. The summed E-state index contributed by atoms with van der Waals surface area (Å²) in [6.45, 7) is 9.54. The summed E-state index contributed by atoms with van der Waals surface area (Å²) < 4.78 is 6.32. The fourth-order valence-electron chi connectivity index (χ4n) is 11.8. The van der Waals surface area contributed by atoms with E-state index in [4.69, 9.17) is 4.42 Å². The number of fused-ring (bicyclic) bond motifs is 9. The van der Waals surface area contributed by atoms with Crippen molar-refractivity contribution >= 4 is 39.0 Å². The van der Waals surface area contributed by atoms with Gasteiger partial charge in [-0.3, -0.25) is 0 Å². The molecule has 13 rings (SSSR count). The summed E-state index contributed by atoms with van der Waals surface area (Å²) in [7, 11) is 0. The summed E-state index contributed by atoms with van der Waals surface area (Å²) >= 11 is 0. The second-order valence-corrected chi connectivity index (χ2v) is 19.6. The highest BCUT2D eigenvalue weighted by atomic mass is 16.3. The summed E-state index contributed by atoms with van der Waals surface area (Å²) in [5.74, 6) is 0. The van der Waals surface area contributed by atoms with Crippen molar-refractivity contribution in [2.45, 2.75) is 38.5 Å². The van der Waals surface area contributed by atoms with Crippen LogP contribution in [0.15, 0.2) is 229 Å². The molecule has 68 heavy (non-hydrogen) atoms. The lowest BCUT2D eigenvalue weighted by atomic mass is 9.80. The largest absolute Gasteiger partial charge is 0.456 e. The van der Waals surface area contributed by atoms with Gasteiger partial charge in [-0.1, -0.05) is 191 Å². The maximum absolute atomic E-state index is 6.32. The Kier molecular flexibility index (Phi) is 8.95. The molecule has 2 heteroatoms.